The van der Waals surface area contributed by atoms with E-state index in [4.69, 9.17) is 4.99 Å². The van der Waals surface area contributed by atoms with E-state index in [9.17, 15) is 0 Å². The average Bonchev–Trinajstić information content (AvgIpc) is 3.18. The number of hydrogen-bond acceptors (Lipinski definition) is 1. The van der Waals surface area contributed by atoms with Crippen LogP contribution in [0.1, 0.15) is 30.4 Å². The third-order valence-corrected chi connectivity index (χ3v) is 8.00. The molecule has 0 bridgehead atoms. The van der Waals surface area contributed by atoms with Gasteiger partial charge in [0.25, 0.3) is 0 Å². The van der Waals surface area contributed by atoms with Crippen molar-refractivity contribution in [3.63, 3.8) is 0 Å². The first-order valence-corrected chi connectivity index (χ1v) is 11.3. The largest absolute Gasteiger partial charge is 0.256 e. The van der Waals surface area contributed by atoms with Gasteiger partial charge in [-0.05, 0) is 73.7 Å². The average molecular weight is 383 g/mol. The van der Waals surface area contributed by atoms with Crippen molar-refractivity contribution in [3.8, 4) is 0 Å². The minimum absolute atomic E-state index is 0.499. The van der Waals surface area contributed by atoms with E-state index >= 15 is 0 Å². The molecule has 0 fully saturated rings. The lowest BCUT2D eigenvalue weighted by Crippen LogP contribution is -2.13. The van der Waals surface area contributed by atoms with Crippen molar-refractivity contribution in [3.05, 3.63) is 101 Å². The van der Waals surface area contributed by atoms with Crippen molar-refractivity contribution in [2.45, 2.75) is 33.1 Å². The third kappa shape index (κ3) is 4.01. The highest BCUT2D eigenvalue weighted by molar-refractivity contribution is 7.76. The molecule has 3 aromatic rings. The Kier molecular flexibility index (Phi) is 5.84. The summed E-state index contributed by atoms with van der Waals surface area (Å²) >= 11 is 0. The van der Waals surface area contributed by atoms with Crippen molar-refractivity contribution in [2.75, 3.05) is 0 Å². The second kappa shape index (κ2) is 8.67. The molecule has 0 saturated carbocycles. The zero-order valence-corrected chi connectivity index (χ0v) is 17.5. The van der Waals surface area contributed by atoms with E-state index in [0.29, 0.717) is 0 Å². The van der Waals surface area contributed by atoms with Crippen molar-refractivity contribution in [1.29, 1.82) is 0 Å². The normalized spacial score (nSPS) is 14.4. The van der Waals surface area contributed by atoms with Crippen LogP contribution in [0.15, 0.2) is 94.7 Å². The molecular weight excluding hydrogens is 357 g/mol. The summed E-state index contributed by atoms with van der Waals surface area (Å²) in [5.41, 5.74) is 5.03. The summed E-state index contributed by atoms with van der Waals surface area (Å²) in [5.74, 6) is 0. The molecule has 3 aromatic carbocycles. The first-order chi connectivity index (χ1) is 13.7. The highest BCUT2D eigenvalue weighted by Crippen LogP contribution is 2.50. The number of allylic oxidation sites excluding steroid dienone is 2. The molecule has 1 aliphatic rings. The second-order valence-electron chi connectivity index (χ2n) is 7.33. The molecule has 0 spiro atoms. The molecule has 0 unspecified atom stereocenters. The van der Waals surface area contributed by atoms with Crippen LogP contribution in [0.4, 0.5) is 5.69 Å². The van der Waals surface area contributed by atoms with Crippen molar-refractivity contribution >= 4 is 30.4 Å². The summed E-state index contributed by atoms with van der Waals surface area (Å²) < 4.78 is 0. The zero-order valence-electron chi connectivity index (χ0n) is 16.6. The van der Waals surface area contributed by atoms with Crippen LogP contribution < -0.4 is 10.6 Å². The van der Waals surface area contributed by atoms with Gasteiger partial charge in [0.1, 0.15) is 0 Å². The minimum atomic E-state index is -0.499. The van der Waals surface area contributed by atoms with Gasteiger partial charge in [-0.3, -0.25) is 4.99 Å². The molecule has 1 nitrogen and oxygen atoms in total. The van der Waals surface area contributed by atoms with E-state index in [2.05, 4.69) is 98.9 Å². The number of rotatable bonds is 5. The SMILES string of the molecule is Cc1cccc(C)c1N=CC1=C(P(c2ccccc2)c2ccccc2)CCC1. The van der Waals surface area contributed by atoms with E-state index < -0.39 is 7.92 Å². The highest BCUT2D eigenvalue weighted by atomic mass is 31.1. The highest BCUT2D eigenvalue weighted by Gasteiger charge is 2.24. The molecule has 2 heteroatoms. The lowest BCUT2D eigenvalue weighted by Gasteiger charge is -2.21. The van der Waals surface area contributed by atoms with Gasteiger partial charge in [0, 0.05) is 6.21 Å². The van der Waals surface area contributed by atoms with Crippen LogP contribution in [0.3, 0.4) is 0 Å². The maximum Gasteiger partial charge on any atom is 0.0688 e. The van der Waals surface area contributed by atoms with E-state index in [1.165, 1.54) is 40.2 Å². The molecule has 4 rings (SSSR count). The molecule has 0 N–H and O–H groups in total. The van der Waals surface area contributed by atoms with E-state index in [-0.39, 0.29) is 0 Å². The van der Waals surface area contributed by atoms with Gasteiger partial charge >= 0.3 is 0 Å². The molecule has 0 aromatic heterocycles. The predicted octanol–water partition coefficient (Wildman–Crippen LogP) is 6.58. The maximum atomic E-state index is 4.93. The first kappa shape index (κ1) is 18.8. The summed E-state index contributed by atoms with van der Waals surface area (Å²) in [4.78, 5) is 4.93. The van der Waals surface area contributed by atoms with Gasteiger partial charge in [-0.25, -0.2) is 0 Å². The van der Waals surface area contributed by atoms with Crippen LogP contribution in [0, 0.1) is 13.8 Å². The lowest BCUT2D eigenvalue weighted by atomic mass is 10.1. The van der Waals surface area contributed by atoms with Crippen LogP contribution in [-0.4, -0.2) is 6.21 Å². The Labute approximate surface area is 169 Å². The van der Waals surface area contributed by atoms with Gasteiger partial charge in [-0.2, -0.15) is 0 Å². The Morgan fingerprint density at radius 3 is 1.86 bits per heavy atom. The Hall–Kier alpha value is -2.50. The summed E-state index contributed by atoms with van der Waals surface area (Å²) in [6, 6.07) is 28.4. The van der Waals surface area contributed by atoms with Gasteiger partial charge in [-0.1, -0.05) is 78.9 Å². The smallest absolute Gasteiger partial charge is 0.0688 e. The topological polar surface area (TPSA) is 12.4 Å². The van der Waals surface area contributed by atoms with Crippen LogP contribution in [0.5, 0.6) is 0 Å². The Morgan fingerprint density at radius 2 is 1.29 bits per heavy atom. The maximum absolute atomic E-state index is 4.93. The Bertz CT molecular complexity index is 943. The summed E-state index contributed by atoms with van der Waals surface area (Å²) in [6.07, 6.45) is 5.67. The standard InChI is InChI=1S/C26H26NP/c1-20-11-9-12-21(2)26(20)27-19-22-13-10-18-25(22)28(23-14-5-3-6-15-23)24-16-7-4-8-17-24/h3-9,11-12,14-17,19H,10,13,18H2,1-2H3. The second-order valence-corrected chi connectivity index (χ2v) is 9.57. The fourth-order valence-electron chi connectivity index (χ4n) is 3.91. The molecule has 0 saturated heterocycles. The summed E-state index contributed by atoms with van der Waals surface area (Å²) in [7, 11) is -0.499. The van der Waals surface area contributed by atoms with E-state index in [0.717, 1.165) is 12.1 Å². The number of benzene rings is 3. The molecule has 0 heterocycles. The monoisotopic (exact) mass is 383 g/mol. The first-order valence-electron chi connectivity index (χ1n) is 9.96. The van der Waals surface area contributed by atoms with Gasteiger partial charge in [-0.15, -0.1) is 0 Å². The predicted molar refractivity (Wildman–Crippen MR) is 124 cm³/mol. The van der Waals surface area contributed by atoms with E-state index in [1.807, 2.05) is 0 Å². The van der Waals surface area contributed by atoms with Gasteiger partial charge in [0.05, 0.1) is 5.69 Å². The fraction of sp³-hybridized carbons (Fsp3) is 0.192. The molecule has 0 atom stereocenters. The number of aryl methyl sites for hydroxylation is 2. The van der Waals surface area contributed by atoms with Crippen molar-refractivity contribution < 1.29 is 0 Å². The van der Waals surface area contributed by atoms with Crippen LogP contribution >= 0.6 is 7.92 Å². The zero-order chi connectivity index (χ0) is 19.3. The fourth-order valence-corrected chi connectivity index (χ4v) is 6.61. The molecule has 0 aliphatic heterocycles. The molecular formula is C26H26NP. The van der Waals surface area contributed by atoms with Crippen molar-refractivity contribution in [2.24, 2.45) is 4.99 Å². The molecule has 1 aliphatic carbocycles. The third-order valence-electron chi connectivity index (χ3n) is 5.32. The lowest BCUT2D eigenvalue weighted by molar-refractivity contribution is 0.917. The van der Waals surface area contributed by atoms with Crippen LogP contribution in [-0.2, 0) is 0 Å². The molecule has 28 heavy (non-hydrogen) atoms. The molecule has 0 radical (unpaired) electrons. The number of nitrogens with zero attached hydrogens (tertiary/aromatic N) is 1. The Morgan fingerprint density at radius 1 is 0.714 bits per heavy atom. The van der Waals surface area contributed by atoms with Crippen LogP contribution in [0.2, 0.25) is 0 Å². The Balaban J connectivity index is 1.77. The minimum Gasteiger partial charge on any atom is -0.256 e. The van der Waals surface area contributed by atoms with Crippen LogP contribution in [0.25, 0.3) is 0 Å². The molecule has 140 valence electrons. The molecule has 0 amide bonds. The number of aliphatic imine (C=N–C) groups is 1. The van der Waals surface area contributed by atoms with Crippen molar-refractivity contribution in [1.82, 2.24) is 0 Å². The van der Waals surface area contributed by atoms with Gasteiger partial charge in [0.2, 0.25) is 0 Å². The summed E-state index contributed by atoms with van der Waals surface area (Å²) in [6.45, 7) is 4.29. The van der Waals surface area contributed by atoms with Gasteiger partial charge in [0.15, 0.2) is 0 Å². The van der Waals surface area contributed by atoms with E-state index in [1.54, 1.807) is 5.31 Å². The number of para-hydroxylation sites is 1. The summed E-state index contributed by atoms with van der Waals surface area (Å²) in [5, 5.41) is 4.44. The van der Waals surface area contributed by atoms with Gasteiger partial charge < -0.3 is 0 Å². The quantitative estimate of drug-likeness (QED) is 0.349. The number of hydrogen-bond donors (Lipinski definition) is 0.